The van der Waals surface area contributed by atoms with Gasteiger partial charge >= 0.3 is 11.9 Å². The first-order chi connectivity index (χ1) is 17.6. The molecule has 1 aliphatic rings. The largest absolute Gasteiger partial charge is 0.480 e. The molecule has 0 aliphatic heterocycles. The highest BCUT2D eigenvalue weighted by Crippen LogP contribution is 2.51. The number of carboxylic acid groups (broad SMARTS) is 1. The summed E-state index contributed by atoms with van der Waals surface area (Å²) in [6, 6.07) is 34.4. The maximum atomic E-state index is 12.7. The Bertz CT molecular complexity index is 1320. The lowest BCUT2D eigenvalue weighted by Crippen LogP contribution is -2.52. The molecular formula is C31H27NO4. The van der Waals surface area contributed by atoms with Gasteiger partial charge in [0.05, 0.1) is 18.6 Å². The Balaban J connectivity index is 1.46. The SMILES string of the molecule is O=C(CC(NC1(c2ccccc2)c2ccccc2-c2ccccc21)C(=O)O)OCCc1ccccc1. The number of esters is 1. The highest BCUT2D eigenvalue weighted by molar-refractivity contribution is 5.85. The number of ether oxygens (including phenoxy) is 1. The molecule has 0 fully saturated rings. The van der Waals surface area contributed by atoms with Crippen LogP contribution >= 0.6 is 0 Å². The Hall–Kier alpha value is -4.22. The molecule has 0 heterocycles. The molecule has 0 saturated heterocycles. The van der Waals surface area contributed by atoms with Gasteiger partial charge < -0.3 is 9.84 Å². The smallest absolute Gasteiger partial charge is 0.321 e. The molecule has 5 nitrogen and oxygen atoms in total. The predicted octanol–water partition coefficient (Wildman–Crippen LogP) is 5.18. The van der Waals surface area contributed by atoms with Gasteiger partial charge in [-0.25, -0.2) is 0 Å². The highest BCUT2D eigenvalue weighted by Gasteiger charge is 2.46. The minimum Gasteiger partial charge on any atom is -0.480 e. The zero-order chi connectivity index (χ0) is 25.0. The summed E-state index contributed by atoms with van der Waals surface area (Å²) in [4.78, 5) is 25.2. The van der Waals surface area contributed by atoms with Crippen LogP contribution in [-0.4, -0.2) is 29.7 Å². The van der Waals surface area contributed by atoms with E-state index in [0.717, 1.165) is 33.4 Å². The van der Waals surface area contributed by atoms with E-state index in [1.807, 2.05) is 109 Å². The maximum Gasteiger partial charge on any atom is 0.321 e. The fraction of sp³-hybridized carbons (Fsp3) is 0.161. The van der Waals surface area contributed by atoms with Gasteiger partial charge in [-0.2, -0.15) is 0 Å². The summed E-state index contributed by atoms with van der Waals surface area (Å²) in [7, 11) is 0. The highest BCUT2D eigenvalue weighted by atomic mass is 16.5. The molecule has 0 saturated carbocycles. The lowest BCUT2D eigenvalue weighted by Gasteiger charge is -2.36. The number of hydrogen-bond acceptors (Lipinski definition) is 4. The Morgan fingerprint density at radius 2 is 1.28 bits per heavy atom. The van der Waals surface area contributed by atoms with Crippen LogP contribution in [-0.2, 0) is 26.3 Å². The molecule has 0 aromatic heterocycles. The van der Waals surface area contributed by atoms with E-state index >= 15 is 0 Å². The van der Waals surface area contributed by atoms with Gasteiger partial charge in [0, 0.05) is 6.42 Å². The molecule has 1 aliphatic carbocycles. The number of benzene rings is 4. The minimum absolute atomic E-state index is 0.199. The van der Waals surface area contributed by atoms with Crippen molar-refractivity contribution in [1.82, 2.24) is 5.32 Å². The molecule has 1 unspecified atom stereocenters. The van der Waals surface area contributed by atoms with Crippen molar-refractivity contribution in [2.24, 2.45) is 0 Å². The predicted molar refractivity (Wildman–Crippen MR) is 138 cm³/mol. The van der Waals surface area contributed by atoms with Gasteiger partial charge in [0.15, 0.2) is 0 Å². The topological polar surface area (TPSA) is 75.6 Å². The minimum atomic E-state index is -1.16. The van der Waals surface area contributed by atoms with Crippen LogP contribution in [0.1, 0.15) is 28.7 Å². The summed E-state index contributed by atoms with van der Waals surface area (Å²) in [6.07, 6.45) is 0.287. The van der Waals surface area contributed by atoms with E-state index < -0.39 is 23.5 Å². The summed E-state index contributed by atoms with van der Waals surface area (Å²) in [5.41, 5.74) is 5.04. The van der Waals surface area contributed by atoms with Crippen LogP contribution in [0.15, 0.2) is 109 Å². The van der Waals surface area contributed by atoms with Crippen LogP contribution in [0.2, 0.25) is 0 Å². The average molecular weight is 478 g/mol. The second-order valence-corrected chi connectivity index (χ2v) is 8.90. The van der Waals surface area contributed by atoms with Gasteiger partial charge in [-0.15, -0.1) is 0 Å². The van der Waals surface area contributed by atoms with Crippen molar-refractivity contribution in [1.29, 1.82) is 0 Å². The molecule has 2 N–H and O–H groups in total. The van der Waals surface area contributed by atoms with E-state index in [-0.39, 0.29) is 13.0 Å². The Morgan fingerprint density at radius 1 is 0.750 bits per heavy atom. The van der Waals surface area contributed by atoms with E-state index in [9.17, 15) is 14.7 Å². The number of hydrogen-bond donors (Lipinski definition) is 2. The molecule has 36 heavy (non-hydrogen) atoms. The van der Waals surface area contributed by atoms with E-state index in [0.29, 0.717) is 6.42 Å². The van der Waals surface area contributed by atoms with Crippen LogP contribution in [0.25, 0.3) is 11.1 Å². The van der Waals surface area contributed by atoms with Crippen molar-refractivity contribution >= 4 is 11.9 Å². The molecule has 0 radical (unpaired) electrons. The number of rotatable bonds is 9. The number of aliphatic carboxylic acids is 1. The van der Waals surface area contributed by atoms with Crippen LogP contribution in [0, 0.1) is 0 Å². The van der Waals surface area contributed by atoms with Crippen LogP contribution < -0.4 is 5.32 Å². The Morgan fingerprint density at radius 3 is 1.86 bits per heavy atom. The number of carbonyl (C=O) groups excluding carboxylic acids is 1. The Kier molecular flexibility index (Phi) is 6.65. The molecule has 0 amide bonds. The second kappa shape index (κ2) is 10.2. The van der Waals surface area contributed by atoms with E-state index in [2.05, 4.69) is 5.32 Å². The summed E-state index contributed by atoms with van der Waals surface area (Å²) in [6.45, 7) is 0.199. The number of nitrogens with one attached hydrogen (secondary N) is 1. The maximum absolute atomic E-state index is 12.7. The lowest BCUT2D eigenvalue weighted by atomic mass is 9.79. The van der Waals surface area contributed by atoms with Crippen molar-refractivity contribution < 1.29 is 19.4 Å². The normalized spacial score (nSPS) is 13.9. The van der Waals surface area contributed by atoms with Crippen molar-refractivity contribution in [2.75, 3.05) is 6.61 Å². The first kappa shape index (κ1) is 23.5. The first-order valence-electron chi connectivity index (χ1n) is 12.0. The molecule has 5 heteroatoms. The van der Waals surface area contributed by atoms with Crippen LogP contribution in [0.4, 0.5) is 0 Å². The fourth-order valence-electron chi connectivity index (χ4n) is 5.09. The van der Waals surface area contributed by atoms with E-state index in [1.165, 1.54) is 0 Å². The summed E-state index contributed by atoms with van der Waals surface area (Å²) in [5.74, 6) is -1.65. The first-order valence-corrected chi connectivity index (χ1v) is 12.0. The van der Waals surface area contributed by atoms with Gasteiger partial charge in [-0.05, 0) is 33.4 Å². The quantitative estimate of drug-likeness (QED) is 0.325. The second-order valence-electron chi connectivity index (χ2n) is 8.90. The summed E-state index contributed by atoms with van der Waals surface area (Å²) >= 11 is 0. The van der Waals surface area contributed by atoms with Gasteiger partial charge in [0.2, 0.25) is 0 Å². The number of carbonyl (C=O) groups is 2. The van der Waals surface area contributed by atoms with Crippen molar-refractivity contribution in [3.8, 4) is 11.1 Å². The fourth-order valence-corrected chi connectivity index (χ4v) is 5.09. The third-order valence-electron chi connectivity index (χ3n) is 6.72. The molecule has 0 spiro atoms. The number of fused-ring (bicyclic) bond motifs is 3. The third kappa shape index (κ3) is 4.41. The summed E-state index contributed by atoms with van der Waals surface area (Å²) < 4.78 is 5.43. The van der Waals surface area contributed by atoms with Gasteiger partial charge in [-0.3, -0.25) is 14.9 Å². The monoisotopic (exact) mass is 477 g/mol. The van der Waals surface area contributed by atoms with Crippen molar-refractivity contribution in [3.63, 3.8) is 0 Å². The average Bonchev–Trinajstić information content (AvgIpc) is 3.20. The lowest BCUT2D eigenvalue weighted by molar-refractivity contribution is -0.149. The molecular weight excluding hydrogens is 450 g/mol. The molecule has 0 bridgehead atoms. The van der Waals surface area contributed by atoms with Crippen LogP contribution in [0.5, 0.6) is 0 Å². The number of carboxylic acids is 1. The zero-order valence-corrected chi connectivity index (χ0v) is 19.8. The molecule has 180 valence electrons. The van der Waals surface area contributed by atoms with E-state index in [1.54, 1.807) is 0 Å². The molecule has 4 aromatic carbocycles. The van der Waals surface area contributed by atoms with Crippen molar-refractivity contribution in [2.45, 2.75) is 24.4 Å². The van der Waals surface area contributed by atoms with Crippen LogP contribution in [0.3, 0.4) is 0 Å². The van der Waals surface area contributed by atoms with Gasteiger partial charge in [0.25, 0.3) is 0 Å². The Labute approximate surface area is 210 Å². The standard InChI is InChI=1S/C31H27NO4/c33-29(36-20-19-22-11-3-1-4-12-22)21-28(30(34)35)32-31(23-13-5-2-6-14-23)26-17-9-7-15-24(26)25-16-8-10-18-27(25)31/h1-18,28,32H,19-21H2,(H,34,35). The molecule has 5 rings (SSSR count). The van der Waals surface area contributed by atoms with E-state index in [4.69, 9.17) is 4.74 Å². The molecule has 1 atom stereocenters. The van der Waals surface area contributed by atoms with Gasteiger partial charge in [0.1, 0.15) is 6.04 Å². The summed E-state index contributed by atoms with van der Waals surface area (Å²) in [5, 5.41) is 13.6. The van der Waals surface area contributed by atoms with Gasteiger partial charge in [-0.1, -0.05) is 109 Å². The molecule has 4 aromatic rings. The zero-order valence-electron chi connectivity index (χ0n) is 19.8. The van der Waals surface area contributed by atoms with Crippen molar-refractivity contribution in [3.05, 3.63) is 131 Å². The third-order valence-corrected chi connectivity index (χ3v) is 6.72.